The maximum Gasteiger partial charge on any atom is 0.272 e. The lowest BCUT2D eigenvalue weighted by atomic mass is 9.85. The van der Waals surface area contributed by atoms with Crippen LogP contribution >= 0.6 is 23.2 Å². The predicted octanol–water partition coefficient (Wildman–Crippen LogP) is 4.89. The number of hydrogen-bond donors (Lipinski definition) is 2. The summed E-state index contributed by atoms with van der Waals surface area (Å²) in [6.07, 6.45) is 3.06. The van der Waals surface area contributed by atoms with Gasteiger partial charge in [0.25, 0.3) is 5.91 Å². The summed E-state index contributed by atoms with van der Waals surface area (Å²) in [5.74, 6) is -0.199. The van der Waals surface area contributed by atoms with E-state index in [0.29, 0.717) is 16.3 Å². The van der Waals surface area contributed by atoms with Gasteiger partial charge in [0.1, 0.15) is 0 Å². The van der Waals surface area contributed by atoms with Gasteiger partial charge < -0.3 is 5.32 Å². The van der Waals surface area contributed by atoms with Crippen LogP contribution in [0, 0.1) is 5.92 Å². The van der Waals surface area contributed by atoms with Crippen LogP contribution in [0.1, 0.15) is 42.1 Å². The highest BCUT2D eigenvalue weighted by atomic mass is 35.5. The summed E-state index contributed by atoms with van der Waals surface area (Å²) in [5, 5.41) is 7.75. The first kappa shape index (κ1) is 19.4. The second-order valence-electron chi connectivity index (χ2n) is 6.46. The van der Waals surface area contributed by atoms with E-state index in [1.807, 2.05) is 24.3 Å². The Hall–Kier alpha value is -2.37. The number of carbonyl (C=O) groups excluding carboxylic acids is 2. The number of rotatable bonds is 5. The van der Waals surface area contributed by atoms with E-state index in [1.165, 1.54) is 6.07 Å². The van der Waals surface area contributed by atoms with Gasteiger partial charge in [0, 0.05) is 16.6 Å². The molecule has 2 amide bonds. The Bertz CT molecular complexity index is 891. The Kier molecular flexibility index (Phi) is 6.14. The number of hydrazone groups is 1. The Morgan fingerprint density at radius 3 is 2.37 bits per heavy atom. The molecule has 140 valence electrons. The minimum Gasteiger partial charge on any atom is -0.326 e. The molecule has 5 nitrogen and oxygen atoms in total. The van der Waals surface area contributed by atoms with Crippen LogP contribution in [0.25, 0.3) is 0 Å². The molecule has 0 aromatic heterocycles. The topological polar surface area (TPSA) is 70.6 Å². The summed E-state index contributed by atoms with van der Waals surface area (Å²) in [4.78, 5) is 24.2. The average molecular weight is 404 g/mol. The lowest BCUT2D eigenvalue weighted by molar-refractivity contribution is -0.122. The summed E-state index contributed by atoms with van der Waals surface area (Å²) in [6.45, 7) is 1.78. The van der Waals surface area contributed by atoms with Crippen LogP contribution in [0.4, 0.5) is 5.69 Å². The molecule has 1 aliphatic rings. The van der Waals surface area contributed by atoms with Crippen LogP contribution < -0.4 is 10.7 Å². The molecule has 3 rings (SSSR count). The fourth-order valence-electron chi connectivity index (χ4n) is 2.64. The van der Waals surface area contributed by atoms with Gasteiger partial charge in [-0.2, -0.15) is 5.10 Å². The Morgan fingerprint density at radius 1 is 1.07 bits per heavy atom. The van der Waals surface area contributed by atoms with Crippen molar-refractivity contribution in [2.24, 2.45) is 11.0 Å². The van der Waals surface area contributed by atoms with Gasteiger partial charge in [-0.1, -0.05) is 41.8 Å². The monoisotopic (exact) mass is 403 g/mol. The van der Waals surface area contributed by atoms with Gasteiger partial charge in [-0.3, -0.25) is 9.59 Å². The zero-order chi connectivity index (χ0) is 19.4. The van der Waals surface area contributed by atoms with Crippen molar-refractivity contribution < 1.29 is 9.59 Å². The number of anilines is 1. The van der Waals surface area contributed by atoms with Crippen molar-refractivity contribution in [3.8, 4) is 0 Å². The van der Waals surface area contributed by atoms with E-state index >= 15 is 0 Å². The van der Waals surface area contributed by atoms with E-state index in [-0.39, 0.29) is 16.8 Å². The van der Waals surface area contributed by atoms with Crippen molar-refractivity contribution >= 4 is 46.4 Å². The van der Waals surface area contributed by atoms with E-state index in [1.54, 1.807) is 19.1 Å². The molecule has 0 aliphatic heterocycles. The molecule has 7 heteroatoms. The van der Waals surface area contributed by atoms with Crippen LogP contribution in [0.3, 0.4) is 0 Å². The van der Waals surface area contributed by atoms with E-state index < -0.39 is 5.91 Å². The number of halogens is 2. The van der Waals surface area contributed by atoms with Gasteiger partial charge in [-0.15, -0.1) is 0 Å². The van der Waals surface area contributed by atoms with Crippen LogP contribution in [0.2, 0.25) is 10.0 Å². The zero-order valence-corrected chi connectivity index (χ0v) is 16.3. The van der Waals surface area contributed by atoms with Gasteiger partial charge >= 0.3 is 0 Å². The lowest BCUT2D eigenvalue weighted by Crippen LogP contribution is -2.28. The molecule has 0 radical (unpaired) electrons. The van der Waals surface area contributed by atoms with Crippen molar-refractivity contribution in [2.75, 3.05) is 5.32 Å². The predicted molar refractivity (Wildman–Crippen MR) is 109 cm³/mol. The van der Waals surface area contributed by atoms with Crippen molar-refractivity contribution in [2.45, 2.75) is 26.2 Å². The molecule has 0 heterocycles. The first-order valence-electron chi connectivity index (χ1n) is 8.65. The Balaban J connectivity index is 1.61. The third-order valence-electron chi connectivity index (χ3n) is 4.55. The summed E-state index contributed by atoms with van der Waals surface area (Å²) < 4.78 is 0. The van der Waals surface area contributed by atoms with Crippen molar-refractivity contribution in [1.29, 1.82) is 0 Å². The quantitative estimate of drug-likeness (QED) is 0.551. The number of carbonyl (C=O) groups is 2. The van der Waals surface area contributed by atoms with Gasteiger partial charge in [0.05, 0.1) is 16.3 Å². The molecule has 2 aromatic carbocycles. The number of hydrogen-bond acceptors (Lipinski definition) is 3. The highest BCUT2D eigenvalue weighted by Crippen LogP contribution is 2.27. The number of amides is 2. The minimum atomic E-state index is -0.416. The van der Waals surface area contributed by atoms with Crippen molar-refractivity contribution in [3.63, 3.8) is 0 Å². The zero-order valence-electron chi connectivity index (χ0n) is 14.8. The second kappa shape index (κ2) is 8.55. The molecule has 1 aliphatic carbocycles. The molecular formula is C20H19Cl2N3O2. The molecule has 0 spiro atoms. The highest BCUT2D eigenvalue weighted by Gasteiger charge is 2.25. The summed E-state index contributed by atoms with van der Waals surface area (Å²) in [7, 11) is 0. The normalized spacial score (nSPS) is 14.4. The number of benzene rings is 2. The van der Waals surface area contributed by atoms with Crippen LogP contribution in [-0.2, 0) is 4.79 Å². The van der Waals surface area contributed by atoms with Gasteiger partial charge in [-0.05, 0) is 55.7 Å². The van der Waals surface area contributed by atoms with Gasteiger partial charge in [-0.25, -0.2) is 5.43 Å². The maximum absolute atomic E-state index is 12.2. The first-order valence-corrected chi connectivity index (χ1v) is 9.40. The van der Waals surface area contributed by atoms with Crippen LogP contribution in [-0.4, -0.2) is 17.5 Å². The smallest absolute Gasteiger partial charge is 0.272 e. The lowest BCUT2D eigenvalue weighted by Gasteiger charge is -2.24. The van der Waals surface area contributed by atoms with E-state index in [9.17, 15) is 9.59 Å². The van der Waals surface area contributed by atoms with Crippen LogP contribution in [0.15, 0.2) is 47.6 Å². The van der Waals surface area contributed by atoms with Gasteiger partial charge in [0.15, 0.2) is 0 Å². The first-order chi connectivity index (χ1) is 12.9. The van der Waals surface area contributed by atoms with Crippen molar-refractivity contribution in [1.82, 2.24) is 5.43 Å². The molecule has 1 fully saturated rings. The second-order valence-corrected chi connectivity index (χ2v) is 7.30. The van der Waals surface area contributed by atoms with Crippen molar-refractivity contribution in [3.05, 3.63) is 63.6 Å². The molecule has 1 saturated carbocycles. The van der Waals surface area contributed by atoms with Crippen LogP contribution in [0.5, 0.6) is 0 Å². The fourth-order valence-corrected chi connectivity index (χ4v) is 3.14. The Morgan fingerprint density at radius 2 is 1.78 bits per heavy atom. The summed E-state index contributed by atoms with van der Waals surface area (Å²) >= 11 is 11.9. The average Bonchev–Trinajstić information content (AvgIpc) is 2.58. The summed E-state index contributed by atoms with van der Waals surface area (Å²) in [6, 6.07) is 12.0. The van der Waals surface area contributed by atoms with E-state index in [4.69, 9.17) is 23.2 Å². The largest absolute Gasteiger partial charge is 0.326 e. The molecule has 2 aromatic rings. The van der Waals surface area contributed by atoms with E-state index in [0.717, 1.165) is 30.5 Å². The van der Waals surface area contributed by atoms with Gasteiger partial charge in [0.2, 0.25) is 5.91 Å². The Labute approximate surface area is 167 Å². The minimum absolute atomic E-state index is 0.0755. The van der Waals surface area contributed by atoms with E-state index in [2.05, 4.69) is 15.8 Å². The molecule has 0 unspecified atom stereocenters. The number of nitrogens with zero attached hydrogens (tertiary/aromatic N) is 1. The molecule has 0 atom stereocenters. The highest BCUT2D eigenvalue weighted by molar-refractivity contribution is 6.36. The molecule has 0 saturated heterocycles. The molecular weight excluding hydrogens is 385 g/mol. The molecule has 2 N–H and O–H groups in total. The summed E-state index contributed by atoms with van der Waals surface area (Å²) in [5.41, 5.74) is 5.00. The number of nitrogens with one attached hydrogen (secondary N) is 2. The molecule has 0 bridgehead atoms. The third kappa shape index (κ3) is 4.87. The standard InChI is InChI=1S/C20H19Cl2N3O2/c1-12(24-25-20(27)17-10-7-15(21)11-18(17)22)13-5-8-16(9-6-13)23-19(26)14-3-2-4-14/h5-11,14H,2-4H2,1H3,(H,23,26)(H,25,27)/b24-12-. The fraction of sp³-hybridized carbons (Fsp3) is 0.250. The third-order valence-corrected chi connectivity index (χ3v) is 5.09. The maximum atomic E-state index is 12.2. The SMILES string of the molecule is C/C(=N/NC(=O)c1ccc(Cl)cc1Cl)c1ccc(NC(=O)C2CCC2)cc1. The molecule has 27 heavy (non-hydrogen) atoms.